The molecule has 0 radical (unpaired) electrons. The molecule has 3 aromatic rings. The maximum Gasteiger partial charge on any atom is 0.308 e. The zero-order chi connectivity index (χ0) is 21.6. The summed E-state index contributed by atoms with van der Waals surface area (Å²) >= 11 is 0. The van der Waals surface area contributed by atoms with Crippen molar-refractivity contribution < 1.29 is 26.5 Å². The van der Waals surface area contributed by atoms with Gasteiger partial charge >= 0.3 is 10.1 Å². The summed E-state index contributed by atoms with van der Waals surface area (Å²) in [5.74, 6) is 0.930. The van der Waals surface area contributed by atoms with Crippen LogP contribution in [0.2, 0.25) is 0 Å². The van der Waals surface area contributed by atoms with Gasteiger partial charge in [-0.2, -0.15) is 8.42 Å². The third kappa shape index (κ3) is 5.42. The summed E-state index contributed by atoms with van der Waals surface area (Å²) in [6, 6.07) is 17.2. The number of hydrogen-bond donors (Lipinski definition) is 0. The van der Waals surface area contributed by atoms with Crippen molar-refractivity contribution in [1.29, 1.82) is 0 Å². The number of furan rings is 1. The van der Waals surface area contributed by atoms with Crippen LogP contribution in [0.4, 0.5) is 0 Å². The van der Waals surface area contributed by atoms with Crippen LogP contribution < -0.4 is 8.92 Å². The second-order valence-electron chi connectivity index (χ2n) is 6.52. The van der Waals surface area contributed by atoms with Gasteiger partial charge < -0.3 is 18.2 Å². The molecule has 0 bridgehead atoms. The summed E-state index contributed by atoms with van der Waals surface area (Å²) in [6.45, 7) is 1.97. The highest BCUT2D eigenvalue weighted by molar-refractivity contribution is 7.87. The fourth-order valence-corrected chi connectivity index (χ4v) is 3.42. The summed E-state index contributed by atoms with van der Waals surface area (Å²) in [5, 5.41) is 0. The number of ether oxygens (including phenoxy) is 1. The fourth-order valence-electron chi connectivity index (χ4n) is 2.90. The number of para-hydroxylation sites is 1. The SMILES string of the molecule is CCS(=O)(=O)Oc1cccc(CN(Cc2ccco2)C(=O)c2ccccc2OC)c1. The average molecular weight is 429 g/mol. The molecule has 0 saturated carbocycles. The van der Waals surface area contributed by atoms with Crippen molar-refractivity contribution in [2.75, 3.05) is 12.9 Å². The Kier molecular flexibility index (Phi) is 6.79. The van der Waals surface area contributed by atoms with Crippen LogP contribution in [0.1, 0.15) is 28.6 Å². The Labute approximate surface area is 176 Å². The van der Waals surface area contributed by atoms with E-state index in [4.69, 9.17) is 13.3 Å². The summed E-state index contributed by atoms with van der Waals surface area (Å²) < 4.78 is 39.4. The molecule has 3 rings (SSSR count). The lowest BCUT2D eigenvalue weighted by atomic mass is 10.1. The molecular formula is C22H23NO6S. The van der Waals surface area contributed by atoms with E-state index in [2.05, 4.69) is 0 Å². The van der Waals surface area contributed by atoms with E-state index in [1.807, 2.05) is 0 Å². The molecule has 0 unspecified atom stereocenters. The van der Waals surface area contributed by atoms with Crippen molar-refractivity contribution in [3.05, 3.63) is 83.8 Å². The Hall–Kier alpha value is -3.26. The molecular weight excluding hydrogens is 406 g/mol. The van der Waals surface area contributed by atoms with Crippen molar-refractivity contribution in [2.45, 2.75) is 20.0 Å². The second kappa shape index (κ2) is 9.49. The zero-order valence-corrected chi connectivity index (χ0v) is 17.6. The van der Waals surface area contributed by atoms with Gasteiger partial charge in [-0.05, 0) is 48.9 Å². The molecule has 8 heteroatoms. The zero-order valence-electron chi connectivity index (χ0n) is 16.8. The van der Waals surface area contributed by atoms with Crippen molar-refractivity contribution in [3.8, 4) is 11.5 Å². The van der Waals surface area contributed by atoms with Crippen LogP contribution in [0, 0.1) is 0 Å². The smallest absolute Gasteiger partial charge is 0.308 e. The number of benzene rings is 2. The van der Waals surface area contributed by atoms with Gasteiger partial charge in [-0.3, -0.25) is 4.79 Å². The lowest BCUT2D eigenvalue weighted by Crippen LogP contribution is -2.30. The summed E-state index contributed by atoms with van der Waals surface area (Å²) in [7, 11) is -2.13. The van der Waals surface area contributed by atoms with E-state index in [0.29, 0.717) is 22.6 Å². The molecule has 0 saturated heterocycles. The van der Waals surface area contributed by atoms with Gasteiger partial charge in [0, 0.05) is 6.54 Å². The quantitative estimate of drug-likeness (QED) is 0.480. The first-order chi connectivity index (χ1) is 14.4. The van der Waals surface area contributed by atoms with Crippen LogP contribution in [-0.2, 0) is 23.2 Å². The van der Waals surface area contributed by atoms with E-state index < -0.39 is 10.1 Å². The summed E-state index contributed by atoms with van der Waals surface area (Å²) in [4.78, 5) is 14.9. The minimum absolute atomic E-state index is 0.131. The first kappa shape index (κ1) is 21.4. The second-order valence-corrected chi connectivity index (χ2v) is 8.38. The van der Waals surface area contributed by atoms with Gasteiger partial charge in [0.05, 0.1) is 31.2 Å². The Morgan fingerprint density at radius 3 is 2.53 bits per heavy atom. The standard InChI is InChI=1S/C22H23NO6S/c1-3-30(25,26)29-18-9-6-8-17(14-18)15-23(16-19-10-7-13-28-19)22(24)20-11-4-5-12-21(20)27-2/h4-14H,3,15-16H2,1-2H3. The Morgan fingerprint density at radius 2 is 1.83 bits per heavy atom. The Bertz CT molecular complexity index is 1090. The van der Waals surface area contributed by atoms with Gasteiger partial charge in [0.2, 0.25) is 0 Å². The van der Waals surface area contributed by atoms with Crippen LogP contribution in [0.5, 0.6) is 11.5 Å². The Morgan fingerprint density at radius 1 is 1.03 bits per heavy atom. The predicted molar refractivity (Wildman–Crippen MR) is 112 cm³/mol. The predicted octanol–water partition coefficient (Wildman–Crippen LogP) is 3.86. The molecule has 1 aromatic heterocycles. The van der Waals surface area contributed by atoms with E-state index in [-0.39, 0.29) is 30.5 Å². The molecule has 0 atom stereocenters. The molecule has 158 valence electrons. The highest BCUT2D eigenvalue weighted by Crippen LogP contribution is 2.23. The average Bonchev–Trinajstić information content (AvgIpc) is 3.26. The van der Waals surface area contributed by atoms with Crippen LogP contribution in [0.25, 0.3) is 0 Å². The molecule has 0 aliphatic carbocycles. The van der Waals surface area contributed by atoms with E-state index >= 15 is 0 Å². The molecule has 0 N–H and O–H groups in total. The Balaban J connectivity index is 1.89. The maximum absolute atomic E-state index is 13.3. The highest BCUT2D eigenvalue weighted by atomic mass is 32.2. The lowest BCUT2D eigenvalue weighted by Gasteiger charge is -2.23. The fraction of sp³-hybridized carbons (Fsp3) is 0.227. The number of nitrogens with zero attached hydrogens (tertiary/aromatic N) is 1. The number of methoxy groups -OCH3 is 1. The number of carbonyl (C=O) groups is 1. The largest absolute Gasteiger partial charge is 0.496 e. The number of carbonyl (C=O) groups excluding carboxylic acids is 1. The van der Waals surface area contributed by atoms with Gasteiger partial charge in [-0.25, -0.2) is 0 Å². The molecule has 30 heavy (non-hydrogen) atoms. The first-order valence-electron chi connectivity index (χ1n) is 9.37. The molecule has 1 heterocycles. The van der Waals surface area contributed by atoms with Crippen molar-refractivity contribution in [3.63, 3.8) is 0 Å². The number of rotatable bonds is 9. The minimum atomic E-state index is -3.64. The molecule has 0 fully saturated rings. The molecule has 1 amide bonds. The first-order valence-corrected chi connectivity index (χ1v) is 11.0. The number of hydrogen-bond acceptors (Lipinski definition) is 6. The van der Waals surface area contributed by atoms with Crippen LogP contribution >= 0.6 is 0 Å². The number of amides is 1. The lowest BCUT2D eigenvalue weighted by molar-refractivity contribution is 0.0714. The van der Waals surface area contributed by atoms with Gasteiger partial charge in [-0.1, -0.05) is 24.3 Å². The van der Waals surface area contributed by atoms with E-state index in [9.17, 15) is 13.2 Å². The van der Waals surface area contributed by atoms with Crippen LogP contribution in [-0.4, -0.2) is 32.1 Å². The molecule has 0 aliphatic rings. The maximum atomic E-state index is 13.3. The summed E-state index contributed by atoms with van der Waals surface area (Å²) in [6.07, 6.45) is 1.55. The normalized spacial score (nSPS) is 11.1. The van der Waals surface area contributed by atoms with Crippen molar-refractivity contribution in [2.24, 2.45) is 0 Å². The third-order valence-electron chi connectivity index (χ3n) is 4.40. The van der Waals surface area contributed by atoms with Gasteiger partial charge in [-0.15, -0.1) is 0 Å². The van der Waals surface area contributed by atoms with Gasteiger partial charge in [0.1, 0.15) is 17.3 Å². The van der Waals surface area contributed by atoms with Crippen molar-refractivity contribution in [1.82, 2.24) is 4.90 Å². The van der Waals surface area contributed by atoms with Gasteiger partial charge in [0.25, 0.3) is 5.91 Å². The summed E-state index contributed by atoms with van der Waals surface area (Å²) in [5.41, 5.74) is 1.14. The monoisotopic (exact) mass is 429 g/mol. The van der Waals surface area contributed by atoms with E-state index in [1.54, 1.807) is 71.8 Å². The molecule has 2 aromatic carbocycles. The molecule has 0 spiro atoms. The van der Waals surface area contributed by atoms with Crippen LogP contribution in [0.3, 0.4) is 0 Å². The van der Waals surface area contributed by atoms with Crippen LogP contribution in [0.15, 0.2) is 71.3 Å². The van der Waals surface area contributed by atoms with E-state index in [0.717, 1.165) is 0 Å². The van der Waals surface area contributed by atoms with E-state index in [1.165, 1.54) is 14.0 Å². The third-order valence-corrected chi connectivity index (χ3v) is 5.55. The topological polar surface area (TPSA) is 86.1 Å². The van der Waals surface area contributed by atoms with Crippen molar-refractivity contribution >= 4 is 16.0 Å². The molecule has 0 aliphatic heterocycles. The highest BCUT2D eigenvalue weighted by Gasteiger charge is 2.21. The molecule has 7 nitrogen and oxygen atoms in total. The van der Waals surface area contributed by atoms with Gasteiger partial charge in [0.15, 0.2) is 0 Å². The minimum Gasteiger partial charge on any atom is -0.496 e.